The van der Waals surface area contributed by atoms with E-state index in [1.807, 2.05) is 0 Å². The number of hydrogen-bond donors (Lipinski definition) is 0. The summed E-state index contributed by atoms with van der Waals surface area (Å²) in [6.07, 6.45) is 16.1. The zero-order valence-electron chi connectivity index (χ0n) is 21.0. The summed E-state index contributed by atoms with van der Waals surface area (Å²) in [4.78, 5) is 0. The fourth-order valence-electron chi connectivity index (χ4n) is 4.13. The Hall–Kier alpha value is -0.920. The van der Waals surface area contributed by atoms with Crippen molar-refractivity contribution < 1.29 is 51.0 Å². The van der Waals surface area contributed by atoms with Crippen molar-refractivity contribution >= 4 is 20.7 Å². The van der Waals surface area contributed by atoms with Crippen molar-refractivity contribution in [2.45, 2.75) is 65.5 Å². The first-order valence-corrected chi connectivity index (χ1v) is 13.7. The topological polar surface area (TPSA) is 0 Å². The van der Waals surface area contributed by atoms with E-state index in [4.69, 9.17) is 0 Å². The van der Waals surface area contributed by atoms with Gasteiger partial charge in [-0.15, -0.1) is 24.0 Å². The molecule has 1 fully saturated rings. The van der Waals surface area contributed by atoms with Crippen molar-refractivity contribution in [3.05, 3.63) is 106 Å². The number of aryl methyl sites for hydroxylation is 2. The Balaban J connectivity index is 0.000000497. The van der Waals surface area contributed by atoms with Gasteiger partial charge in [0, 0.05) is 9.52 Å². The molecule has 34 heavy (non-hydrogen) atoms. The number of hydrogen-bond acceptors (Lipinski definition) is 0. The standard InChI is InChI=1S/2C13H13.C4H10Si.2ClH.Zr/c2*1-10-6-8-12(9-7-10)13-5-3-4-11(13)2;1-2-4-5-3-1;;;/h2*5-9H,3H2,1-2H3;1-5H2;2*1H;/q2*-1;;;;+4/p-2. The molecule has 0 nitrogen and oxygen atoms in total. The molecule has 0 saturated carbocycles. The molecule has 0 radical (unpaired) electrons. The summed E-state index contributed by atoms with van der Waals surface area (Å²) in [6.45, 7) is 8.47. The molecular weight excluding hydrogens is 551 g/mol. The minimum absolute atomic E-state index is 0. The second kappa shape index (κ2) is 17.5. The molecule has 3 aliphatic rings. The van der Waals surface area contributed by atoms with E-state index in [1.165, 1.54) is 44.5 Å². The van der Waals surface area contributed by atoms with Gasteiger partial charge in [-0.25, -0.2) is 11.1 Å². The van der Waals surface area contributed by atoms with Gasteiger partial charge in [0.15, 0.2) is 0 Å². The average Bonchev–Trinajstić information content (AvgIpc) is 3.54. The van der Waals surface area contributed by atoms with Crippen LogP contribution in [0.5, 0.6) is 0 Å². The van der Waals surface area contributed by atoms with Crippen LogP contribution in [0.3, 0.4) is 0 Å². The van der Waals surface area contributed by atoms with E-state index in [9.17, 15) is 0 Å². The Morgan fingerprint density at radius 1 is 0.588 bits per heavy atom. The van der Waals surface area contributed by atoms with Crippen LogP contribution in [-0.4, -0.2) is 9.52 Å². The molecule has 2 aromatic rings. The fraction of sp³-hybridized carbons (Fsp3) is 0.333. The third-order valence-corrected chi connectivity index (χ3v) is 8.13. The molecule has 0 bridgehead atoms. The van der Waals surface area contributed by atoms with Gasteiger partial charge < -0.3 is 24.8 Å². The maximum absolute atomic E-state index is 3.31. The Bertz CT molecular complexity index is 894. The SMILES string of the molecule is C1CC[SiH2]C1.CC1=[C-]CC=C1c1ccc(C)cc1.CC1=[C-]CC=C1c1ccc(C)cc1.[Cl-].[Cl-].[Zr+4]. The zero-order chi connectivity index (χ0) is 22.1. The summed E-state index contributed by atoms with van der Waals surface area (Å²) >= 11 is 0. The van der Waals surface area contributed by atoms with E-state index in [0.717, 1.165) is 12.8 Å². The fourth-order valence-corrected chi connectivity index (χ4v) is 5.90. The number of halogens is 2. The summed E-state index contributed by atoms with van der Waals surface area (Å²) in [5.41, 5.74) is 10.5. The first kappa shape index (κ1) is 33.1. The van der Waals surface area contributed by atoms with E-state index in [2.05, 4.69) is 101 Å². The summed E-state index contributed by atoms with van der Waals surface area (Å²) in [6, 6.07) is 20.6. The van der Waals surface area contributed by atoms with Crippen LogP contribution in [-0.2, 0) is 26.2 Å². The summed E-state index contributed by atoms with van der Waals surface area (Å²) < 4.78 is 0. The number of rotatable bonds is 2. The molecule has 1 aliphatic heterocycles. The third-order valence-electron chi connectivity index (χ3n) is 6.13. The van der Waals surface area contributed by atoms with Crippen LogP contribution in [0.25, 0.3) is 11.1 Å². The van der Waals surface area contributed by atoms with Crippen LogP contribution >= 0.6 is 0 Å². The quantitative estimate of drug-likeness (QED) is 0.373. The predicted octanol–water partition coefficient (Wildman–Crippen LogP) is 1.85. The van der Waals surface area contributed by atoms with Gasteiger partial charge in [0.1, 0.15) is 0 Å². The van der Waals surface area contributed by atoms with Crippen molar-refractivity contribution in [2.75, 3.05) is 0 Å². The molecule has 0 aromatic heterocycles. The molecule has 1 heterocycles. The minimum atomic E-state index is 0. The van der Waals surface area contributed by atoms with Crippen LogP contribution in [0.15, 0.2) is 71.8 Å². The molecule has 0 atom stereocenters. The first-order chi connectivity index (χ1) is 15.0. The average molecular weight is 587 g/mol. The van der Waals surface area contributed by atoms with E-state index in [-0.39, 0.29) is 51.0 Å². The first-order valence-electron chi connectivity index (χ1n) is 11.7. The van der Waals surface area contributed by atoms with Gasteiger partial charge in [-0.2, -0.15) is 23.3 Å². The van der Waals surface area contributed by atoms with Crippen LogP contribution in [0.1, 0.15) is 61.8 Å². The van der Waals surface area contributed by atoms with Gasteiger partial charge >= 0.3 is 26.2 Å². The van der Waals surface area contributed by atoms with E-state index >= 15 is 0 Å². The molecule has 5 rings (SSSR count). The monoisotopic (exact) mass is 584 g/mol. The Kier molecular flexibility index (Phi) is 17.0. The smallest absolute Gasteiger partial charge is 1.00 e. The normalized spacial score (nSPS) is 15.4. The van der Waals surface area contributed by atoms with Gasteiger partial charge in [0.25, 0.3) is 0 Å². The van der Waals surface area contributed by atoms with Gasteiger partial charge in [-0.1, -0.05) is 98.4 Å². The summed E-state index contributed by atoms with van der Waals surface area (Å²) in [7, 11) is 0.543. The minimum Gasteiger partial charge on any atom is -1.00 e. The molecule has 2 aromatic carbocycles. The van der Waals surface area contributed by atoms with Gasteiger partial charge in [0.05, 0.1) is 0 Å². The zero-order valence-corrected chi connectivity index (χ0v) is 26.4. The number of benzene rings is 2. The van der Waals surface area contributed by atoms with Gasteiger partial charge in [-0.3, -0.25) is 12.2 Å². The molecular formula is C30H36Cl2SiZr. The largest absolute Gasteiger partial charge is 4.00 e. The van der Waals surface area contributed by atoms with Gasteiger partial charge in [-0.05, 0) is 13.8 Å². The second-order valence-corrected chi connectivity index (χ2v) is 10.9. The second-order valence-electron chi connectivity index (χ2n) is 8.75. The predicted molar refractivity (Wildman–Crippen MR) is 140 cm³/mol. The van der Waals surface area contributed by atoms with Crippen LogP contribution in [0.2, 0.25) is 12.1 Å². The van der Waals surface area contributed by atoms with Crippen molar-refractivity contribution in [3.8, 4) is 0 Å². The van der Waals surface area contributed by atoms with Crippen molar-refractivity contribution in [1.29, 1.82) is 0 Å². The van der Waals surface area contributed by atoms with Crippen molar-refractivity contribution in [2.24, 2.45) is 0 Å². The molecule has 0 amide bonds. The van der Waals surface area contributed by atoms with E-state index in [0.29, 0.717) is 9.52 Å². The molecule has 0 N–H and O–H groups in total. The maximum atomic E-state index is 3.31. The van der Waals surface area contributed by atoms with Crippen LogP contribution in [0.4, 0.5) is 0 Å². The molecule has 1 saturated heterocycles. The molecule has 0 unspecified atom stereocenters. The Labute approximate surface area is 241 Å². The number of allylic oxidation sites excluding steroid dienone is 8. The molecule has 2 aliphatic carbocycles. The Morgan fingerprint density at radius 3 is 1.18 bits per heavy atom. The third kappa shape index (κ3) is 10.4. The van der Waals surface area contributed by atoms with Crippen LogP contribution < -0.4 is 24.8 Å². The van der Waals surface area contributed by atoms with E-state index in [1.54, 1.807) is 24.9 Å². The van der Waals surface area contributed by atoms with Crippen molar-refractivity contribution in [1.82, 2.24) is 0 Å². The summed E-state index contributed by atoms with van der Waals surface area (Å²) in [5, 5.41) is 0. The van der Waals surface area contributed by atoms with E-state index < -0.39 is 0 Å². The Morgan fingerprint density at radius 2 is 0.941 bits per heavy atom. The molecule has 4 heteroatoms. The van der Waals surface area contributed by atoms with Crippen molar-refractivity contribution in [3.63, 3.8) is 0 Å². The maximum Gasteiger partial charge on any atom is 4.00 e. The summed E-state index contributed by atoms with van der Waals surface area (Å²) in [5.74, 6) is 0. The molecule has 0 spiro atoms. The van der Waals surface area contributed by atoms with Gasteiger partial charge in [0.2, 0.25) is 0 Å². The van der Waals surface area contributed by atoms with Crippen LogP contribution in [0, 0.1) is 26.0 Å². The molecule has 178 valence electrons.